The molecule has 1 N–H and O–H groups in total. The number of halogens is 1. The fourth-order valence-electron chi connectivity index (χ4n) is 3.62. The van der Waals surface area contributed by atoms with Gasteiger partial charge in [-0.05, 0) is 53.8 Å². The molecule has 10 nitrogen and oxygen atoms in total. The number of aliphatic imine (C=N–C) groups is 2. The number of nitrogens with zero attached hydrogens (tertiary/aromatic N) is 5. The van der Waals surface area contributed by atoms with Gasteiger partial charge in [0, 0.05) is 36.8 Å². The Morgan fingerprint density at radius 1 is 1.41 bits per heavy atom. The van der Waals surface area contributed by atoms with Gasteiger partial charge in [0.1, 0.15) is 15.5 Å². The van der Waals surface area contributed by atoms with Gasteiger partial charge in [-0.1, -0.05) is 13.5 Å². The molecule has 2 amide bonds. The number of sulfone groups is 1. The predicted molar refractivity (Wildman–Crippen MR) is 134 cm³/mol. The lowest BCUT2D eigenvalue weighted by Crippen LogP contribution is -2.37. The molecule has 1 aliphatic carbocycles. The van der Waals surface area contributed by atoms with Crippen LogP contribution in [0, 0.1) is 0 Å². The average Bonchev–Trinajstić information content (AvgIpc) is 3.12. The topological polar surface area (TPSA) is 134 Å². The standard InChI is InChI=1S/C22H27BrN6O4S/c1-5-17(21(31)29(13(2)3)8-9-34(4,32)33)27-20-16(23)12-24-22(28-20)25-15-6-7-18-14(10-15)11-19(30)26-18/h10,12,18H,2,5-9,11H2,1,3-4H3,(H,26,30). The van der Waals surface area contributed by atoms with Gasteiger partial charge in [-0.25, -0.2) is 23.4 Å². The largest absolute Gasteiger partial charge is 0.349 e. The molecule has 182 valence electrons. The lowest BCUT2D eigenvalue weighted by molar-refractivity contribution is -0.122. The molecule has 0 spiro atoms. The van der Waals surface area contributed by atoms with Gasteiger partial charge in [0.25, 0.3) is 11.9 Å². The first-order valence-corrected chi connectivity index (χ1v) is 13.6. The maximum Gasteiger partial charge on any atom is 0.272 e. The Kier molecular flexibility index (Phi) is 8.13. The Hall–Kier alpha value is -2.73. The van der Waals surface area contributed by atoms with Crippen molar-refractivity contribution >= 4 is 60.8 Å². The molecule has 2 heterocycles. The van der Waals surface area contributed by atoms with Crippen LogP contribution in [0.1, 0.15) is 39.5 Å². The van der Waals surface area contributed by atoms with E-state index < -0.39 is 15.7 Å². The zero-order valence-electron chi connectivity index (χ0n) is 19.3. The molecular formula is C22H27BrN6O4S. The van der Waals surface area contributed by atoms with Crippen molar-refractivity contribution < 1.29 is 18.0 Å². The van der Waals surface area contributed by atoms with Crippen molar-refractivity contribution in [1.29, 1.82) is 0 Å². The summed E-state index contributed by atoms with van der Waals surface area (Å²) in [5.74, 6) is -0.159. The number of amides is 2. The molecule has 0 radical (unpaired) electrons. The van der Waals surface area contributed by atoms with Crippen molar-refractivity contribution in [1.82, 2.24) is 20.2 Å². The van der Waals surface area contributed by atoms with E-state index in [9.17, 15) is 18.0 Å². The maximum absolute atomic E-state index is 13.1. The van der Waals surface area contributed by atoms with Gasteiger partial charge in [-0.2, -0.15) is 4.98 Å². The van der Waals surface area contributed by atoms with Crippen LogP contribution in [-0.2, 0) is 19.4 Å². The van der Waals surface area contributed by atoms with Crippen LogP contribution in [-0.4, -0.2) is 71.1 Å². The third kappa shape index (κ3) is 6.66. The Balaban J connectivity index is 1.87. The molecule has 1 aliphatic heterocycles. The summed E-state index contributed by atoms with van der Waals surface area (Å²) in [6.45, 7) is 7.20. The molecule has 0 saturated carbocycles. The number of fused-ring (bicyclic) bond motifs is 1. The summed E-state index contributed by atoms with van der Waals surface area (Å²) < 4.78 is 23.6. The average molecular weight is 551 g/mol. The molecule has 2 aliphatic rings. The molecule has 0 aromatic carbocycles. The van der Waals surface area contributed by atoms with Gasteiger partial charge in [-0.15, -0.1) is 0 Å². The summed E-state index contributed by atoms with van der Waals surface area (Å²) in [5.41, 5.74) is 2.42. The highest BCUT2D eigenvalue weighted by Gasteiger charge is 2.29. The van der Waals surface area contributed by atoms with Crippen LogP contribution >= 0.6 is 15.9 Å². The molecule has 1 fully saturated rings. The Morgan fingerprint density at radius 2 is 2.15 bits per heavy atom. The highest BCUT2D eigenvalue weighted by Crippen LogP contribution is 2.28. The number of carbonyl (C=O) groups is 2. The van der Waals surface area contributed by atoms with E-state index in [1.807, 2.05) is 6.08 Å². The molecule has 34 heavy (non-hydrogen) atoms. The molecule has 1 aromatic heterocycles. The summed E-state index contributed by atoms with van der Waals surface area (Å²) in [6, 6.07) is 0.0783. The lowest BCUT2D eigenvalue weighted by Gasteiger charge is -2.22. The molecule has 1 saturated heterocycles. The number of allylic oxidation sites excluding steroid dienone is 2. The Bertz CT molecular complexity index is 1220. The van der Waals surface area contributed by atoms with Crippen LogP contribution in [0.15, 0.2) is 44.6 Å². The third-order valence-corrected chi connectivity index (χ3v) is 6.84. The van der Waals surface area contributed by atoms with E-state index >= 15 is 0 Å². The monoisotopic (exact) mass is 550 g/mol. The van der Waals surface area contributed by atoms with Gasteiger partial charge < -0.3 is 10.2 Å². The Morgan fingerprint density at radius 3 is 2.79 bits per heavy atom. The maximum atomic E-state index is 13.1. The van der Waals surface area contributed by atoms with Crippen molar-refractivity contribution in [2.45, 2.75) is 45.6 Å². The molecule has 1 unspecified atom stereocenters. The van der Waals surface area contributed by atoms with E-state index in [0.717, 1.165) is 24.0 Å². The molecular weight excluding hydrogens is 524 g/mol. The number of hydrogen-bond acceptors (Lipinski definition) is 8. The lowest BCUT2D eigenvalue weighted by atomic mass is 9.94. The summed E-state index contributed by atoms with van der Waals surface area (Å²) in [5, 5.41) is 2.94. The van der Waals surface area contributed by atoms with Gasteiger partial charge in [0.2, 0.25) is 5.91 Å². The third-order valence-electron chi connectivity index (χ3n) is 5.36. The second-order valence-electron chi connectivity index (χ2n) is 8.23. The number of carbonyl (C=O) groups excluding carboxylic acids is 2. The van der Waals surface area contributed by atoms with Gasteiger partial charge in [0.05, 0.1) is 16.3 Å². The minimum atomic E-state index is -3.26. The highest BCUT2D eigenvalue weighted by atomic mass is 79.9. The Labute approximate surface area is 207 Å². The number of rotatable bonds is 8. The summed E-state index contributed by atoms with van der Waals surface area (Å²) in [4.78, 5) is 43.6. The van der Waals surface area contributed by atoms with Crippen molar-refractivity contribution in [3.05, 3.63) is 34.6 Å². The fourth-order valence-corrected chi connectivity index (χ4v) is 4.41. The highest BCUT2D eigenvalue weighted by molar-refractivity contribution is 9.10. The zero-order valence-corrected chi connectivity index (χ0v) is 21.7. The molecule has 12 heteroatoms. The van der Waals surface area contributed by atoms with E-state index in [1.165, 1.54) is 11.1 Å². The number of nitrogens with one attached hydrogen (secondary N) is 1. The van der Waals surface area contributed by atoms with Gasteiger partial charge in [0.15, 0.2) is 5.82 Å². The molecule has 1 aromatic rings. The van der Waals surface area contributed by atoms with Crippen molar-refractivity contribution in [3.8, 4) is 0 Å². The number of aromatic nitrogens is 2. The van der Waals surface area contributed by atoms with Crippen molar-refractivity contribution in [3.63, 3.8) is 0 Å². The van der Waals surface area contributed by atoms with E-state index in [1.54, 1.807) is 13.8 Å². The zero-order chi connectivity index (χ0) is 25.0. The van der Waals surface area contributed by atoms with Gasteiger partial charge >= 0.3 is 0 Å². The molecule has 3 rings (SSSR count). The SMILES string of the molecule is C=C(C)N(CCS(C)(=O)=O)C(=O)C(CC)=Nc1nc(N=C2C=C3CC(=O)NC3CC2)ncc1Br. The van der Waals surface area contributed by atoms with Crippen LogP contribution in [0.25, 0.3) is 0 Å². The fraction of sp³-hybridized carbons (Fsp3) is 0.455. The molecule has 1 atom stereocenters. The summed E-state index contributed by atoms with van der Waals surface area (Å²) in [6.07, 6.45) is 6.68. The summed E-state index contributed by atoms with van der Waals surface area (Å²) in [7, 11) is -3.26. The van der Waals surface area contributed by atoms with Gasteiger partial charge in [-0.3, -0.25) is 9.59 Å². The second kappa shape index (κ2) is 10.7. The molecule has 0 bridgehead atoms. The minimum absolute atomic E-state index is 0.0110. The van der Waals surface area contributed by atoms with E-state index in [-0.39, 0.29) is 41.7 Å². The predicted octanol–water partition coefficient (Wildman–Crippen LogP) is 2.81. The number of hydrogen-bond donors (Lipinski definition) is 1. The normalized spacial score (nSPS) is 19.5. The van der Waals surface area contributed by atoms with Crippen LogP contribution in [0.4, 0.5) is 11.8 Å². The first-order valence-electron chi connectivity index (χ1n) is 10.8. The minimum Gasteiger partial charge on any atom is -0.349 e. The summed E-state index contributed by atoms with van der Waals surface area (Å²) >= 11 is 3.37. The van der Waals surface area contributed by atoms with E-state index in [2.05, 4.69) is 47.8 Å². The first-order chi connectivity index (χ1) is 16.0. The van der Waals surface area contributed by atoms with Crippen LogP contribution in [0.3, 0.4) is 0 Å². The van der Waals surface area contributed by atoms with E-state index in [4.69, 9.17) is 0 Å². The first kappa shape index (κ1) is 25.9. The van der Waals surface area contributed by atoms with Crippen LogP contribution in [0.2, 0.25) is 0 Å². The van der Waals surface area contributed by atoms with Crippen molar-refractivity contribution in [2.75, 3.05) is 18.6 Å². The smallest absolute Gasteiger partial charge is 0.272 e. The second-order valence-corrected chi connectivity index (χ2v) is 11.3. The van der Waals surface area contributed by atoms with Crippen LogP contribution < -0.4 is 5.32 Å². The van der Waals surface area contributed by atoms with Crippen molar-refractivity contribution in [2.24, 2.45) is 9.98 Å². The quantitative estimate of drug-likeness (QED) is 0.494. The van der Waals surface area contributed by atoms with Crippen LogP contribution in [0.5, 0.6) is 0 Å². The van der Waals surface area contributed by atoms with E-state index in [0.29, 0.717) is 29.4 Å².